The number of halogens is 1. The predicted octanol–water partition coefficient (Wildman–Crippen LogP) is 4.85. The smallest absolute Gasteiger partial charge is 0.338 e. The maximum atomic E-state index is 12.2. The van der Waals surface area contributed by atoms with E-state index in [-0.39, 0.29) is 6.61 Å². The average Bonchev–Trinajstić information content (AvgIpc) is 3.00. The Morgan fingerprint density at radius 1 is 0.964 bits per heavy atom. The summed E-state index contributed by atoms with van der Waals surface area (Å²) in [6.45, 7) is 5.56. The molecule has 28 heavy (non-hydrogen) atoms. The van der Waals surface area contributed by atoms with E-state index in [1.54, 1.807) is 24.3 Å². The number of rotatable bonds is 5. The second kappa shape index (κ2) is 8.31. The van der Waals surface area contributed by atoms with Crippen LogP contribution in [0.5, 0.6) is 0 Å². The Labute approximate surface area is 168 Å². The van der Waals surface area contributed by atoms with Gasteiger partial charge in [-0.2, -0.15) is 0 Å². The van der Waals surface area contributed by atoms with E-state index in [0.29, 0.717) is 16.3 Å². The molecular weight excluding hydrogens is 376 g/mol. The maximum absolute atomic E-state index is 12.2. The second-order valence-electron chi connectivity index (χ2n) is 6.61. The van der Waals surface area contributed by atoms with Crippen molar-refractivity contribution in [3.63, 3.8) is 0 Å². The first-order chi connectivity index (χ1) is 13.3. The molecule has 1 amide bonds. The van der Waals surface area contributed by atoms with Crippen molar-refractivity contribution in [3.05, 3.63) is 82.1 Å². The minimum Gasteiger partial charge on any atom is -0.452 e. The number of carbonyl (C=O) groups is 2. The van der Waals surface area contributed by atoms with E-state index in [1.165, 1.54) is 0 Å². The topological polar surface area (TPSA) is 60.3 Å². The molecule has 0 radical (unpaired) electrons. The Kier molecular flexibility index (Phi) is 5.85. The highest BCUT2D eigenvalue weighted by atomic mass is 35.5. The molecule has 0 atom stereocenters. The van der Waals surface area contributed by atoms with Gasteiger partial charge in [-0.3, -0.25) is 4.79 Å². The lowest BCUT2D eigenvalue weighted by Crippen LogP contribution is -2.21. The summed E-state index contributed by atoms with van der Waals surface area (Å²) in [5.41, 5.74) is 5.03. The van der Waals surface area contributed by atoms with Crippen LogP contribution >= 0.6 is 11.6 Å². The van der Waals surface area contributed by atoms with Crippen LogP contribution in [0.3, 0.4) is 0 Å². The number of nitrogens with one attached hydrogen (secondary N) is 1. The molecule has 1 N–H and O–H groups in total. The van der Waals surface area contributed by atoms with E-state index < -0.39 is 11.9 Å². The molecule has 0 saturated heterocycles. The number of esters is 1. The van der Waals surface area contributed by atoms with Crippen LogP contribution in [0.1, 0.15) is 27.3 Å². The largest absolute Gasteiger partial charge is 0.452 e. The van der Waals surface area contributed by atoms with E-state index in [0.717, 1.165) is 22.6 Å². The number of hydrogen-bond acceptors (Lipinski definition) is 3. The molecule has 2 aromatic carbocycles. The fraction of sp³-hybridized carbons (Fsp3) is 0.182. The van der Waals surface area contributed by atoms with Crippen LogP contribution in [-0.4, -0.2) is 23.1 Å². The molecule has 1 aromatic heterocycles. The predicted molar refractivity (Wildman–Crippen MR) is 110 cm³/mol. The zero-order valence-electron chi connectivity index (χ0n) is 16.0. The molecule has 0 aliphatic carbocycles. The zero-order valence-corrected chi connectivity index (χ0v) is 16.7. The number of amides is 1. The maximum Gasteiger partial charge on any atom is 0.338 e. The van der Waals surface area contributed by atoms with Crippen LogP contribution in [0.4, 0.5) is 5.69 Å². The third-order valence-corrected chi connectivity index (χ3v) is 4.68. The number of hydrogen-bond donors (Lipinski definition) is 1. The van der Waals surface area contributed by atoms with Crippen LogP contribution in [0.25, 0.3) is 5.69 Å². The molecule has 3 rings (SSSR count). The number of carbonyl (C=O) groups excluding carboxylic acids is 2. The minimum absolute atomic E-state index is 0.382. The van der Waals surface area contributed by atoms with Gasteiger partial charge in [0.15, 0.2) is 6.61 Å². The molecule has 3 aromatic rings. The van der Waals surface area contributed by atoms with E-state index >= 15 is 0 Å². The van der Waals surface area contributed by atoms with Gasteiger partial charge in [0.2, 0.25) is 0 Å². The lowest BCUT2D eigenvalue weighted by atomic mass is 10.2. The number of aromatic nitrogens is 1. The summed E-state index contributed by atoms with van der Waals surface area (Å²) in [4.78, 5) is 24.2. The summed E-state index contributed by atoms with van der Waals surface area (Å²) in [5.74, 6) is -1.01. The number of anilines is 1. The Morgan fingerprint density at radius 2 is 1.61 bits per heavy atom. The van der Waals surface area contributed by atoms with Crippen molar-refractivity contribution in [2.75, 3.05) is 11.9 Å². The highest BCUT2D eigenvalue weighted by Crippen LogP contribution is 2.22. The van der Waals surface area contributed by atoms with Crippen LogP contribution < -0.4 is 5.32 Å². The van der Waals surface area contributed by atoms with Crippen molar-refractivity contribution >= 4 is 29.2 Å². The van der Waals surface area contributed by atoms with Crippen LogP contribution in [0.15, 0.2) is 54.6 Å². The van der Waals surface area contributed by atoms with Crippen molar-refractivity contribution in [2.45, 2.75) is 20.8 Å². The van der Waals surface area contributed by atoms with Gasteiger partial charge in [-0.05, 0) is 74.9 Å². The van der Waals surface area contributed by atoms with E-state index in [4.69, 9.17) is 16.3 Å². The fourth-order valence-electron chi connectivity index (χ4n) is 2.94. The van der Waals surface area contributed by atoms with Crippen molar-refractivity contribution < 1.29 is 14.3 Å². The van der Waals surface area contributed by atoms with Crippen molar-refractivity contribution in [1.29, 1.82) is 0 Å². The molecular formula is C22H21ClN2O3. The number of nitrogens with zero attached hydrogens (tertiary/aromatic N) is 1. The normalized spacial score (nSPS) is 10.6. The van der Waals surface area contributed by atoms with Gasteiger partial charge in [-0.1, -0.05) is 17.7 Å². The fourth-order valence-corrected chi connectivity index (χ4v) is 3.23. The van der Waals surface area contributed by atoms with Gasteiger partial charge < -0.3 is 14.6 Å². The van der Waals surface area contributed by atoms with E-state index in [9.17, 15) is 9.59 Å². The molecule has 5 nitrogen and oxygen atoms in total. The highest BCUT2D eigenvalue weighted by Gasteiger charge is 2.12. The Hall–Kier alpha value is -3.05. The molecule has 144 valence electrons. The first-order valence-electron chi connectivity index (χ1n) is 8.83. The molecule has 0 aliphatic heterocycles. The molecule has 0 spiro atoms. The second-order valence-corrected chi connectivity index (χ2v) is 7.01. The van der Waals surface area contributed by atoms with Gasteiger partial charge >= 0.3 is 5.97 Å². The van der Waals surface area contributed by atoms with Gasteiger partial charge in [0, 0.05) is 17.1 Å². The molecule has 0 saturated carbocycles. The molecule has 0 fully saturated rings. The lowest BCUT2D eigenvalue weighted by Gasteiger charge is -2.11. The SMILES string of the molecule is Cc1ccc(NC(=O)COC(=O)c2ccc(-n3c(C)ccc3C)cc2)c(Cl)c1. The summed E-state index contributed by atoms with van der Waals surface area (Å²) in [5, 5.41) is 3.07. The quantitative estimate of drug-likeness (QED) is 0.627. The summed E-state index contributed by atoms with van der Waals surface area (Å²) in [6.07, 6.45) is 0. The molecule has 6 heteroatoms. The zero-order chi connectivity index (χ0) is 20.3. The van der Waals surface area contributed by atoms with Gasteiger partial charge in [-0.25, -0.2) is 4.79 Å². The number of ether oxygens (including phenoxy) is 1. The van der Waals surface area contributed by atoms with E-state index in [2.05, 4.69) is 9.88 Å². The van der Waals surface area contributed by atoms with Gasteiger partial charge in [0.1, 0.15) is 0 Å². The first kappa shape index (κ1) is 19.7. The number of benzene rings is 2. The van der Waals surface area contributed by atoms with Crippen LogP contribution in [-0.2, 0) is 9.53 Å². The Morgan fingerprint density at radius 3 is 2.21 bits per heavy atom. The Balaban J connectivity index is 1.59. The molecule has 0 unspecified atom stereocenters. The van der Waals surface area contributed by atoms with E-state index in [1.807, 2.05) is 51.1 Å². The van der Waals surface area contributed by atoms with Crippen molar-refractivity contribution in [2.24, 2.45) is 0 Å². The molecule has 1 heterocycles. The van der Waals surface area contributed by atoms with Gasteiger partial charge in [0.25, 0.3) is 5.91 Å². The Bertz CT molecular complexity index is 1000. The average molecular weight is 397 g/mol. The monoisotopic (exact) mass is 396 g/mol. The third kappa shape index (κ3) is 4.43. The summed E-state index contributed by atoms with van der Waals surface area (Å²) in [7, 11) is 0. The lowest BCUT2D eigenvalue weighted by molar-refractivity contribution is -0.119. The highest BCUT2D eigenvalue weighted by molar-refractivity contribution is 6.33. The summed E-state index contributed by atoms with van der Waals surface area (Å²) < 4.78 is 7.19. The summed E-state index contributed by atoms with van der Waals surface area (Å²) >= 11 is 6.09. The van der Waals surface area contributed by atoms with Crippen LogP contribution in [0.2, 0.25) is 5.02 Å². The van der Waals surface area contributed by atoms with Crippen molar-refractivity contribution in [1.82, 2.24) is 4.57 Å². The number of aryl methyl sites for hydroxylation is 3. The minimum atomic E-state index is -0.558. The van der Waals surface area contributed by atoms with Crippen molar-refractivity contribution in [3.8, 4) is 5.69 Å². The van der Waals surface area contributed by atoms with Gasteiger partial charge in [-0.15, -0.1) is 0 Å². The van der Waals surface area contributed by atoms with Crippen LogP contribution in [0, 0.1) is 20.8 Å². The molecule has 0 aliphatic rings. The first-order valence-corrected chi connectivity index (χ1v) is 9.21. The summed E-state index contributed by atoms with van der Waals surface area (Å²) in [6, 6.07) is 16.4. The standard InChI is InChI=1S/C22H21ClN2O3/c1-14-4-11-20(19(23)12-14)24-21(26)13-28-22(27)17-7-9-18(10-8-17)25-15(2)5-6-16(25)3/h4-12H,13H2,1-3H3,(H,24,26). The third-order valence-electron chi connectivity index (χ3n) is 4.37. The molecule has 0 bridgehead atoms. The van der Waals surface area contributed by atoms with Gasteiger partial charge in [0.05, 0.1) is 16.3 Å².